The molecule has 0 aliphatic carbocycles. The van der Waals surface area contributed by atoms with Crippen molar-refractivity contribution in [1.29, 1.82) is 0 Å². The molecule has 1 atom stereocenters. The van der Waals surface area contributed by atoms with Gasteiger partial charge in [0.2, 0.25) is 0 Å². The summed E-state index contributed by atoms with van der Waals surface area (Å²) in [6.07, 6.45) is -0.315. The molecule has 4 heteroatoms. The van der Waals surface area contributed by atoms with Crippen LogP contribution in [0, 0.1) is 0 Å². The first-order valence-corrected chi connectivity index (χ1v) is 5.10. The molecule has 1 aromatic rings. The smallest absolute Gasteiger partial charge is 0.302 e. The van der Waals surface area contributed by atoms with Gasteiger partial charge in [-0.2, -0.15) is 0 Å². The van der Waals surface area contributed by atoms with Crippen LogP contribution in [0.25, 0.3) is 0 Å². The molecule has 1 aromatic carbocycles. The van der Waals surface area contributed by atoms with Gasteiger partial charge < -0.3 is 10.1 Å². The standard InChI is InChI=1S/C12H15NO3/c1-9(16-10(2)14)8-13-12(15)11-6-4-3-5-7-11/h3-7,9H,8H2,1-2H3,(H,13,15). The number of esters is 1. The molecular weight excluding hydrogens is 206 g/mol. The van der Waals surface area contributed by atoms with Gasteiger partial charge in [-0.25, -0.2) is 0 Å². The summed E-state index contributed by atoms with van der Waals surface area (Å²) in [6, 6.07) is 8.89. The number of hydrogen-bond acceptors (Lipinski definition) is 3. The number of ether oxygens (including phenoxy) is 1. The van der Waals surface area contributed by atoms with E-state index in [0.717, 1.165) is 0 Å². The van der Waals surface area contributed by atoms with Crippen LogP contribution >= 0.6 is 0 Å². The largest absolute Gasteiger partial charge is 0.461 e. The van der Waals surface area contributed by atoms with Gasteiger partial charge >= 0.3 is 5.97 Å². The number of nitrogens with one attached hydrogen (secondary N) is 1. The van der Waals surface area contributed by atoms with Crippen LogP contribution < -0.4 is 5.32 Å². The lowest BCUT2D eigenvalue weighted by molar-refractivity contribution is -0.145. The number of benzene rings is 1. The van der Waals surface area contributed by atoms with E-state index in [4.69, 9.17) is 4.74 Å². The highest BCUT2D eigenvalue weighted by Crippen LogP contribution is 1.98. The van der Waals surface area contributed by atoms with E-state index in [2.05, 4.69) is 5.32 Å². The molecule has 0 radical (unpaired) electrons. The fourth-order valence-corrected chi connectivity index (χ4v) is 1.25. The monoisotopic (exact) mass is 221 g/mol. The lowest BCUT2D eigenvalue weighted by Crippen LogP contribution is -2.32. The number of carbonyl (C=O) groups is 2. The van der Waals surface area contributed by atoms with E-state index in [0.29, 0.717) is 12.1 Å². The van der Waals surface area contributed by atoms with E-state index >= 15 is 0 Å². The van der Waals surface area contributed by atoms with Crippen molar-refractivity contribution in [2.45, 2.75) is 20.0 Å². The molecule has 0 aromatic heterocycles. The fourth-order valence-electron chi connectivity index (χ4n) is 1.25. The van der Waals surface area contributed by atoms with Crippen molar-refractivity contribution >= 4 is 11.9 Å². The van der Waals surface area contributed by atoms with Crippen molar-refractivity contribution < 1.29 is 14.3 Å². The lowest BCUT2D eigenvalue weighted by atomic mass is 10.2. The molecule has 0 heterocycles. The maximum absolute atomic E-state index is 11.6. The van der Waals surface area contributed by atoms with Gasteiger partial charge in [0, 0.05) is 12.5 Å². The van der Waals surface area contributed by atoms with Crippen LogP contribution in [-0.4, -0.2) is 24.5 Å². The normalized spacial score (nSPS) is 11.6. The van der Waals surface area contributed by atoms with Crippen molar-refractivity contribution in [2.24, 2.45) is 0 Å². The molecule has 1 unspecified atom stereocenters. The number of hydrogen-bond donors (Lipinski definition) is 1. The molecule has 0 aliphatic rings. The Morgan fingerprint density at radius 2 is 1.94 bits per heavy atom. The van der Waals surface area contributed by atoms with Crippen LogP contribution in [0.15, 0.2) is 30.3 Å². The molecule has 16 heavy (non-hydrogen) atoms. The average molecular weight is 221 g/mol. The van der Waals surface area contributed by atoms with Crippen LogP contribution in [-0.2, 0) is 9.53 Å². The minimum Gasteiger partial charge on any atom is -0.461 e. The molecule has 0 spiro atoms. The predicted octanol–water partition coefficient (Wildman–Crippen LogP) is 1.37. The van der Waals surface area contributed by atoms with Crippen molar-refractivity contribution in [3.05, 3.63) is 35.9 Å². The van der Waals surface area contributed by atoms with E-state index in [1.807, 2.05) is 6.07 Å². The van der Waals surface area contributed by atoms with E-state index in [1.165, 1.54) is 6.92 Å². The van der Waals surface area contributed by atoms with Gasteiger partial charge in [0.1, 0.15) is 6.10 Å². The zero-order chi connectivity index (χ0) is 12.0. The SMILES string of the molecule is CC(=O)OC(C)CNC(=O)c1ccccc1. The maximum Gasteiger partial charge on any atom is 0.302 e. The highest BCUT2D eigenvalue weighted by Gasteiger charge is 2.08. The van der Waals surface area contributed by atoms with Gasteiger partial charge in [0.25, 0.3) is 5.91 Å². The second kappa shape index (κ2) is 5.90. The van der Waals surface area contributed by atoms with Gasteiger partial charge in [0.15, 0.2) is 0 Å². The highest BCUT2D eigenvalue weighted by atomic mass is 16.5. The Hall–Kier alpha value is -1.84. The molecule has 1 amide bonds. The Kier molecular flexibility index (Phi) is 4.51. The third-order valence-electron chi connectivity index (χ3n) is 1.95. The molecule has 0 bridgehead atoms. The van der Waals surface area contributed by atoms with E-state index < -0.39 is 0 Å². The first-order valence-electron chi connectivity index (χ1n) is 5.10. The van der Waals surface area contributed by atoms with Crippen molar-refractivity contribution in [1.82, 2.24) is 5.32 Å². The predicted molar refractivity (Wildman–Crippen MR) is 60.0 cm³/mol. The summed E-state index contributed by atoms with van der Waals surface area (Å²) < 4.78 is 4.88. The Balaban J connectivity index is 2.39. The summed E-state index contributed by atoms with van der Waals surface area (Å²) in [7, 11) is 0. The summed E-state index contributed by atoms with van der Waals surface area (Å²) in [6.45, 7) is 3.38. The quantitative estimate of drug-likeness (QED) is 0.781. The van der Waals surface area contributed by atoms with Crippen LogP contribution in [0.3, 0.4) is 0 Å². The average Bonchev–Trinajstić information content (AvgIpc) is 2.26. The van der Waals surface area contributed by atoms with Gasteiger partial charge in [-0.3, -0.25) is 9.59 Å². The second-order valence-corrected chi connectivity index (χ2v) is 3.50. The van der Waals surface area contributed by atoms with E-state index in [1.54, 1.807) is 31.2 Å². The number of rotatable bonds is 4. The second-order valence-electron chi connectivity index (χ2n) is 3.50. The third-order valence-corrected chi connectivity index (χ3v) is 1.95. The first kappa shape index (κ1) is 12.2. The summed E-state index contributed by atoms with van der Waals surface area (Å²) in [5.41, 5.74) is 0.595. The zero-order valence-corrected chi connectivity index (χ0v) is 9.40. The molecule has 0 aliphatic heterocycles. The topological polar surface area (TPSA) is 55.4 Å². The number of amides is 1. The Morgan fingerprint density at radius 3 is 2.50 bits per heavy atom. The minimum atomic E-state index is -0.346. The van der Waals surface area contributed by atoms with Gasteiger partial charge in [-0.05, 0) is 19.1 Å². The van der Waals surface area contributed by atoms with Crippen molar-refractivity contribution in [3.63, 3.8) is 0 Å². The summed E-state index contributed by atoms with van der Waals surface area (Å²) in [5, 5.41) is 2.69. The van der Waals surface area contributed by atoms with Gasteiger partial charge in [-0.15, -0.1) is 0 Å². The molecule has 1 rings (SSSR count). The van der Waals surface area contributed by atoms with E-state index in [-0.39, 0.29) is 18.0 Å². The summed E-state index contributed by atoms with van der Waals surface area (Å²) >= 11 is 0. The molecule has 1 N–H and O–H groups in total. The Bertz CT molecular complexity index is 362. The third kappa shape index (κ3) is 4.13. The molecular formula is C12H15NO3. The maximum atomic E-state index is 11.6. The first-order chi connectivity index (χ1) is 7.59. The summed E-state index contributed by atoms with van der Waals surface area (Å²) in [5.74, 6) is -0.513. The van der Waals surface area contributed by atoms with Crippen molar-refractivity contribution in [2.75, 3.05) is 6.54 Å². The van der Waals surface area contributed by atoms with Gasteiger partial charge in [0.05, 0.1) is 6.54 Å². The number of carbonyl (C=O) groups excluding carboxylic acids is 2. The molecule has 0 saturated heterocycles. The Morgan fingerprint density at radius 1 is 1.31 bits per heavy atom. The highest BCUT2D eigenvalue weighted by molar-refractivity contribution is 5.94. The minimum absolute atomic E-state index is 0.167. The van der Waals surface area contributed by atoms with Crippen LogP contribution in [0.4, 0.5) is 0 Å². The molecule has 0 saturated carbocycles. The van der Waals surface area contributed by atoms with Crippen molar-refractivity contribution in [3.8, 4) is 0 Å². The van der Waals surface area contributed by atoms with Crippen LogP contribution in [0.5, 0.6) is 0 Å². The van der Waals surface area contributed by atoms with Crippen LogP contribution in [0.2, 0.25) is 0 Å². The summed E-state index contributed by atoms with van der Waals surface area (Å²) in [4.78, 5) is 22.2. The lowest BCUT2D eigenvalue weighted by Gasteiger charge is -2.12. The molecule has 0 fully saturated rings. The molecule has 4 nitrogen and oxygen atoms in total. The zero-order valence-electron chi connectivity index (χ0n) is 9.40. The Labute approximate surface area is 94.6 Å². The fraction of sp³-hybridized carbons (Fsp3) is 0.333. The van der Waals surface area contributed by atoms with E-state index in [9.17, 15) is 9.59 Å². The molecule has 86 valence electrons. The van der Waals surface area contributed by atoms with Crippen LogP contribution in [0.1, 0.15) is 24.2 Å². The van der Waals surface area contributed by atoms with Gasteiger partial charge in [-0.1, -0.05) is 18.2 Å².